The lowest BCUT2D eigenvalue weighted by Gasteiger charge is -2.26. The van der Waals surface area contributed by atoms with E-state index in [-0.39, 0.29) is 0 Å². The largest absolute Gasteiger partial charge is 0.488 e. The van der Waals surface area contributed by atoms with Gasteiger partial charge in [0.2, 0.25) is 0 Å². The topological polar surface area (TPSA) is 21.7 Å². The van der Waals surface area contributed by atoms with Gasteiger partial charge in [-0.15, -0.1) is 0 Å². The highest BCUT2D eigenvalue weighted by Gasteiger charge is 2.10. The Kier molecular flexibility index (Phi) is 5.31. The van der Waals surface area contributed by atoms with Gasteiger partial charge in [-0.3, -0.25) is 4.90 Å². The molecule has 0 N–H and O–H groups in total. The fourth-order valence-electron chi connectivity index (χ4n) is 2.94. The molecule has 3 rings (SSSR count). The van der Waals surface area contributed by atoms with Crippen molar-refractivity contribution in [2.24, 2.45) is 0 Å². The zero-order valence-electron chi connectivity index (χ0n) is 14.0. The quantitative estimate of drug-likeness (QED) is 0.840. The van der Waals surface area contributed by atoms with Gasteiger partial charge in [0.1, 0.15) is 12.4 Å². The standard InChI is InChI=1S/C20H25NO2/c1-16-4-3-5-17(2)20(16)23-15-19-8-6-18(7-9-19)14-21-10-12-22-13-11-21/h3-9H,10-15H2,1-2H3. The number of benzene rings is 2. The molecule has 0 unspecified atom stereocenters. The summed E-state index contributed by atoms with van der Waals surface area (Å²) in [7, 11) is 0. The molecule has 3 heteroatoms. The van der Waals surface area contributed by atoms with Gasteiger partial charge >= 0.3 is 0 Å². The van der Waals surface area contributed by atoms with Crippen molar-refractivity contribution in [3.8, 4) is 5.75 Å². The van der Waals surface area contributed by atoms with Crippen LogP contribution in [0.25, 0.3) is 0 Å². The average Bonchev–Trinajstić information content (AvgIpc) is 2.57. The van der Waals surface area contributed by atoms with E-state index in [1.54, 1.807) is 0 Å². The number of morpholine rings is 1. The number of ether oxygens (including phenoxy) is 2. The minimum atomic E-state index is 0.615. The number of hydrogen-bond acceptors (Lipinski definition) is 3. The highest BCUT2D eigenvalue weighted by molar-refractivity contribution is 5.39. The molecule has 1 fully saturated rings. The molecule has 0 atom stereocenters. The van der Waals surface area contributed by atoms with E-state index in [0.29, 0.717) is 6.61 Å². The van der Waals surface area contributed by atoms with Crippen molar-refractivity contribution >= 4 is 0 Å². The lowest BCUT2D eigenvalue weighted by molar-refractivity contribution is 0.0342. The van der Waals surface area contributed by atoms with Crippen molar-refractivity contribution in [3.05, 3.63) is 64.7 Å². The van der Waals surface area contributed by atoms with Crippen molar-refractivity contribution in [2.75, 3.05) is 26.3 Å². The Balaban J connectivity index is 1.57. The maximum atomic E-state index is 6.02. The molecule has 2 aromatic carbocycles. The van der Waals surface area contributed by atoms with E-state index in [4.69, 9.17) is 9.47 Å². The summed E-state index contributed by atoms with van der Waals surface area (Å²) in [5, 5.41) is 0. The van der Waals surface area contributed by atoms with E-state index in [1.807, 2.05) is 0 Å². The van der Waals surface area contributed by atoms with E-state index in [9.17, 15) is 0 Å². The van der Waals surface area contributed by atoms with Gasteiger partial charge in [-0.2, -0.15) is 0 Å². The summed E-state index contributed by atoms with van der Waals surface area (Å²) in [5.74, 6) is 1.00. The van der Waals surface area contributed by atoms with E-state index in [2.05, 4.69) is 61.2 Å². The molecule has 1 heterocycles. The molecule has 1 saturated heterocycles. The lowest BCUT2D eigenvalue weighted by Crippen LogP contribution is -2.35. The van der Waals surface area contributed by atoms with Crippen molar-refractivity contribution in [1.82, 2.24) is 4.90 Å². The van der Waals surface area contributed by atoms with E-state index >= 15 is 0 Å². The number of aryl methyl sites for hydroxylation is 2. The maximum Gasteiger partial charge on any atom is 0.125 e. The minimum Gasteiger partial charge on any atom is -0.488 e. The second-order valence-corrected chi connectivity index (χ2v) is 6.21. The molecule has 122 valence electrons. The van der Waals surface area contributed by atoms with E-state index in [1.165, 1.54) is 22.3 Å². The number of hydrogen-bond donors (Lipinski definition) is 0. The fourth-order valence-corrected chi connectivity index (χ4v) is 2.94. The first-order valence-corrected chi connectivity index (χ1v) is 8.29. The van der Waals surface area contributed by atoms with Crippen molar-refractivity contribution < 1.29 is 9.47 Å². The predicted octanol–water partition coefficient (Wildman–Crippen LogP) is 3.71. The van der Waals surface area contributed by atoms with Crippen LogP contribution >= 0.6 is 0 Å². The van der Waals surface area contributed by atoms with E-state index in [0.717, 1.165) is 38.6 Å². The predicted molar refractivity (Wildman–Crippen MR) is 92.8 cm³/mol. The molecule has 0 aliphatic carbocycles. The van der Waals surface area contributed by atoms with Crippen LogP contribution in [0.4, 0.5) is 0 Å². The summed E-state index contributed by atoms with van der Waals surface area (Å²) < 4.78 is 11.4. The van der Waals surface area contributed by atoms with Crippen LogP contribution < -0.4 is 4.74 Å². The van der Waals surface area contributed by atoms with Crippen LogP contribution in [-0.4, -0.2) is 31.2 Å². The third-order valence-electron chi connectivity index (χ3n) is 4.32. The third kappa shape index (κ3) is 4.34. The van der Waals surface area contributed by atoms with Crippen LogP contribution in [0, 0.1) is 13.8 Å². The van der Waals surface area contributed by atoms with Crippen LogP contribution in [0.3, 0.4) is 0 Å². The van der Waals surface area contributed by atoms with Gasteiger partial charge in [0.15, 0.2) is 0 Å². The zero-order valence-corrected chi connectivity index (χ0v) is 14.0. The van der Waals surface area contributed by atoms with Crippen molar-refractivity contribution in [3.63, 3.8) is 0 Å². The Morgan fingerprint density at radius 1 is 0.913 bits per heavy atom. The van der Waals surface area contributed by atoms with Gasteiger partial charge < -0.3 is 9.47 Å². The van der Waals surface area contributed by atoms with Gasteiger partial charge in [0.25, 0.3) is 0 Å². The van der Waals surface area contributed by atoms with Crippen LogP contribution in [-0.2, 0) is 17.9 Å². The molecule has 1 aliphatic heterocycles. The summed E-state index contributed by atoms with van der Waals surface area (Å²) in [6.45, 7) is 9.55. The number of nitrogens with zero attached hydrogens (tertiary/aromatic N) is 1. The maximum absolute atomic E-state index is 6.02. The minimum absolute atomic E-state index is 0.615. The van der Waals surface area contributed by atoms with Gasteiger partial charge in [0.05, 0.1) is 13.2 Å². The first-order valence-electron chi connectivity index (χ1n) is 8.29. The van der Waals surface area contributed by atoms with E-state index < -0.39 is 0 Å². The molecule has 3 nitrogen and oxygen atoms in total. The molecule has 1 aliphatic rings. The highest BCUT2D eigenvalue weighted by atomic mass is 16.5. The fraction of sp³-hybridized carbons (Fsp3) is 0.400. The summed E-state index contributed by atoms with van der Waals surface area (Å²) >= 11 is 0. The SMILES string of the molecule is Cc1cccc(C)c1OCc1ccc(CN2CCOCC2)cc1. The van der Waals surface area contributed by atoms with Crippen molar-refractivity contribution in [2.45, 2.75) is 27.0 Å². The Hall–Kier alpha value is -1.84. The Morgan fingerprint density at radius 2 is 1.52 bits per heavy atom. The van der Waals surface area contributed by atoms with Crippen LogP contribution in [0.1, 0.15) is 22.3 Å². The van der Waals surface area contributed by atoms with Crippen LogP contribution in [0.15, 0.2) is 42.5 Å². The molecule has 2 aromatic rings. The average molecular weight is 311 g/mol. The smallest absolute Gasteiger partial charge is 0.125 e. The third-order valence-corrected chi connectivity index (χ3v) is 4.32. The first kappa shape index (κ1) is 16.0. The normalized spacial score (nSPS) is 15.6. The number of para-hydroxylation sites is 1. The first-order chi connectivity index (χ1) is 11.2. The second kappa shape index (κ2) is 7.62. The van der Waals surface area contributed by atoms with Crippen LogP contribution in [0.5, 0.6) is 5.75 Å². The molecule has 0 bridgehead atoms. The molecule has 0 spiro atoms. The molecule has 0 amide bonds. The van der Waals surface area contributed by atoms with Crippen LogP contribution in [0.2, 0.25) is 0 Å². The molecular formula is C20H25NO2. The summed E-state index contributed by atoms with van der Waals surface area (Å²) in [4.78, 5) is 2.44. The van der Waals surface area contributed by atoms with Gasteiger partial charge in [-0.25, -0.2) is 0 Å². The monoisotopic (exact) mass is 311 g/mol. The molecule has 23 heavy (non-hydrogen) atoms. The zero-order chi connectivity index (χ0) is 16.1. The molecule has 0 radical (unpaired) electrons. The second-order valence-electron chi connectivity index (χ2n) is 6.21. The summed E-state index contributed by atoms with van der Waals surface area (Å²) in [6.07, 6.45) is 0. The molecule has 0 saturated carbocycles. The Labute approximate surface area is 138 Å². The van der Waals surface area contributed by atoms with Gasteiger partial charge in [-0.1, -0.05) is 42.5 Å². The summed E-state index contributed by atoms with van der Waals surface area (Å²) in [5.41, 5.74) is 4.93. The molecular weight excluding hydrogens is 286 g/mol. The molecule has 0 aromatic heterocycles. The van der Waals surface area contributed by atoms with Gasteiger partial charge in [0, 0.05) is 19.6 Å². The highest BCUT2D eigenvalue weighted by Crippen LogP contribution is 2.23. The Bertz CT molecular complexity index is 610. The van der Waals surface area contributed by atoms with Gasteiger partial charge in [-0.05, 0) is 36.1 Å². The Morgan fingerprint density at radius 3 is 2.17 bits per heavy atom. The summed E-state index contributed by atoms with van der Waals surface area (Å²) in [6, 6.07) is 15.0. The number of rotatable bonds is 5. The van der Waals surface area contributed by atoms with Crippen molar-refractivity contribution in [1.29, 1.82) is 0 Å². The lowest BCUT2D eigenvalue weighted by atomic mass is 10.1.